The highest BCUT2D eigenvalue weighted by Crippen LogP contribution is 2.49. The normalized spacial score (nSPS) is 24.5. The molecule has 0 saturated carbocycles. The fourth-order valence-electron chi connectivity index (χ4n) is 4.40. The summed E-state index contributed by atoms with van der Waals surface area (Å²) in [7, 11) is 3.36. The molecule has 138 valence electrons. The van der Waals surface area contributed by atoms with E-state index in [-0.39, 0.29) is 17.9 Å². The van der Waals surface area contributed by atoms with Crippen LogP contribution in [0.1, 0.15) is 17.0 Å². The maximum Gasteiger partial charge on any atom is 0.127 e. The molecule has 0 spiro atoms. The number of ether oxygens (including phenoxy) is 3. The van der Waals surface area contributed by atoms with E-state index in [9.17, 15) is 5.11 Å². The minimum atomic E-state index is -0.260. The smallest absolute Gasteiger partial charge is 0.127 e. The summed E-state index contributed by atoms with van der Waals surface area (Å²) in [5.41, 5.74) is 1.98. The van der Waals surface area contributed by atoms with Gasteiger partial charge in [0.15, 0.2) is 0 Å². The Kier molecular flexibility index (Phi) is 4.51. The average Bonchev–Trinajstić information content (AvgIpc) is 3.07. The maximum atomic E-state index is 10.2. The van der Waals surface area contributed by atoms with E-state index in [1.165, 1.54) is 5.56 Å². The average molecular weight is 355 g/mol. The monoisotopic (exact) mass is 355 g/mol. The first kappa shape index (κ1) is 17.2. The number of likely N-dealkylation sites (tertiary alicyclic amines) is 1. The van der Waals surface area contributed by atoms with Crippen molar-refractivity contribution in [1.82, 2.24) is 4.90 Å². The molecule has 0 radical (unpaired) electrons. The van der Waals surface area contributed by atoms with Gasteiger partial charge >= 0.3 is 0 Å². The number of rotatable bonds is 5. The second-order valence-electron chi connectivity index (χ2n) is 7.21. The molecule has 2 atom stereocenters. The van der Waals surface area contributed by atoms with Gasteiger partial charge in [-0.05, 0) is 23.8 Å². The fraction of sp³-hybridized carbons (Fsp3) is 0.429. The van der Waals surface area contributed by atoms with Gasteiger partial charge in [-0.25, -0.2) is 0 Å². The van der Waals surface area contributed by atoms with Crippen molar-refractivity contribution in [2.75, 3.05) is 40.5 Å². The first-order valence-electron chi connectivity index (χ1n) is 8.95. The van der Waals surface area contributed by atoms with Gasteiger partial charge in [0.05, 0.1) is 33.0 Å². The predicted octanol–water partition coefficient (Wildman–Crippen LogP) is 2.67. The van der Waals surface area contributed by atoms with Crippen LogP contribution in [0.2, 0.25) is 0 Å². The zero-order valence-corrected chi connectivity index (χ0v) is 15.3. The summed E-state index contributed by atoms with van der Waals surface area (Å²) in [4.78, 5) is 2.37. The molecule has 2 aliphatic rings. The third kappa shape index (κ3) is 2.72. The molecule has 0 bridgehead atoms. The van der Waals surface area contributed by atoms with Crippen molar-refractivity contribution in [1.29, 1.82) is 0 Å². The Bertz CT molecular complexity index is 771. The second kappa shape index (κ2) is 6.82. The number of aliphatic hydroxyl groups excluding tert-OH is 1. The molecule has 1 N–H and O–H groups in total. The molecule has 1 fully saturated rings. The number of hydrogen-bond acceptors (Lipinski definition) is 5. The highest BCUT2D eigenvalue weighted by molar-refractivity contribution is 5.45. The summed E-state index contributed by atoms with van der Waals surface area (Å²) in [5, 5.41) is 10.2. The van der Waals surface area contributed by atoms with Gasteiger partial charge in [0.1, 0.15) is 17.2 Å². The summed E-state index contributed by atoms with van der Waals surface area (Å²) in [6, 6.07) is 14.0. The Balaban J connectivity index is 1.64. The molecule has 2 heterocycles. The van der Waals surface area contributed by atoms with Gasteiger partial charge in [-0.3, -0.25) is 4.90 Å². The molecule has 1 saturated heterocycles. The molecule has 1 unspecified atom stereocenters. The van der Waals surface area contributed by atoms with E-state index in [0.717, 1.165) is 35.9 Å². The van der Waals surface area contributed by atoms with Gasteiger partial charge in [0.2, 0.25) is 0 Å². The Hall–Kier alpha value is -2.24. The van der Waals surface area contributed by atoms with Crippen molar-refractivity contribution in [3.8, 4) is 17.2 Å². The van der Waals surface area contributed by atoms with E-state index in [1.807, 2.05) is 36.4 Å². The van der Waals surface area contributed by atoms with E-state index >= 15 is 0 Å². The van der Waals surface area contributed by atoms with Crippen LogP contribution in [0, 0.1) is 5.41 Å². The van der Waals surface area contributed by atoms with Gasteiger partial charge in [0, 0.05) is 31.0 Å². The Morgan fingerprint density at radius 3 is 2.54 bits per heavy atom. The standard InChI is InChI=1S/C21H25NO4/c1-24-18-8-5-9-19(25-2)16(18)10-22-11-17-15-6-3-4-7-20(15)26-14-21(17,12-22)13-23/h3-9,17,23H,10-14H2,1-2H3/t17?,21-/m1/s1. The minimum absolute atomic E-state index is 0.117. The van der Waals surface area contributed by atoms with Crippen molar-refractivity contribution >= 4 is 0 Å². The van der Waals surface area contributed by atoms with Crippen LogP contribution in [0.25, 0.3) is 0 Å². The van der Waals surface area contributed by atoms with Crippen LogP contribution in [0.15, 0.2) is 42.5 Å². The summed E-state index contributed by atoms with van der Waals surface area (Å²) in [6.07, 6.45) is 0. The fourth-order valence-corrected chi connectivity index (χ4v) is 4.40. The molecule has 2 aromatic carbocycles. The maximum absolute atomic E-state index is 10.2. The van der Waals surface area contributed by atoms with E-state index in [2.05, 4.69) is 11.0 Å². The summed E-state index contributed by atoms with van der Waals surface area (Å²) in [5.74, 6) is 2.86. The molecular formula is C21H25NO4. The van der Waals surface area contributed by atoms with Crippen LogP contribution in [0.5, 0.6) is 17.2 Å². The lowest BCUT2D eigenvalue weighted by atomic mass is 9.74. The molecular weight excluding hydrogens is 330 g/mol. The summed E-state index contributed by atoms with van der Waals surface area (Å²) >= 11 is 0. The van der Waals surface area contributed by atoms with Crippen LogP contribution in [-0.4, -0.2) is 50.5 Å². The van der Waals surface area contributed by atoms with Crippen LogP contribution in [0.3, 0.4) is 0 Å². The van der Waals surface area contributed by atoms with Gasteiger partial charge < -0.3 is 19.3 Å². The van der Waals surface area contributed by atoms with Crippen molar-refractivity contribution in [2.45, 2.75) is 12.5 Å². The van der Waals surface area contributed by atoms with Gasteiger partial charge in [-0.15, -0.1) is 0 Å². The number of nitrogens with zero attached hydrogens (tertiary/aromatic N) is 1. The SMILES string of the molecule is COc1cccc(OC)c1CN1CC2c3ccccc3OC[C@]2(CO)C1. The van der Waals surface area contributed by atoms with E-state index in [4.69, 9.17) is 14.2 Å². The zero-order valence-electron chi connectivity index (χ0n) is 15.3. The molecule has 0 aromatic heterocycles. The largest absolute Gasteiger partial charge is 0.496 e. The van der Waals surface area contributed by atoms with Crippen LogP contribution >= 0.6 is 0 Å². The van der Waals surface area contributed by atoms with Crippen LogP contribution in [0.4, 0.5) is 0 Å². The first-order chi connectivity index (χ1) is 12.7. The third-order valence-electron chi connectivity index (χ3n) is 5.75. The third-order valence-corrected chi connectivity index (χ3v) is 5.75. The topological polar surface area (TPSA) is 51.2 Å². The highest BCUT2D eigenvalue weighted by atomic mass is 16.5. The number of para-hydroxylation sites is 1. The van der Waals surface area contributed by atoms with Crippen molar-refractivity contribution < 1.29 is 19.3 Å². The highest BCUT2D eigenvalue weighted by Gasteiger charge is 2.50. The number of benzene rings is 2. The molecule has 5 heteroatoms. The number of hydrogen-bond donors (Lipinski definition) is 1. The van der Waals surface area contributed by atoms with E-state index in [1.54, 1.807) is 14.2 Å². The molecule has 2 aromatic rings. The summed E-state index contributed by atoms with van der Waals surface area (Å²) in [6.45, 7) is 3.04. The molecule has 4 rings (SSSR count). The van der Waals surface area contributed by atoms with E-state index in [0.29, 0.717) is 13.2 Å². The number of aliphatic hydroxyl groups is 1. The van der Waals surface area contributed by atoms with Crippen molar-refractivity contribution in [3.63, 3.8) is 0 Å². The van der Waals surface area contributed by atoms with Gasteiger partial charge in [-0.1, -0.05) is 24.3 Å². The van der Waals surface area contributed by atoms with Gasteiger partial charge in [-0.2, -0.15) is 0 Å². The Labute approximate surface area is 154 Å². The van der Waals surface area contributed by atoms with Crippen LogP contribution in [-0.2, 0) is 6.54 Å². The van der Waals surface area contributed by atoms with Gasteiger partial charge in [0.25, 0.3) is 0 Å². The molecule has 2 aliphatic heterocycles. The zero-order chi connectivity index (χ0) is 18.1. The quantitative estimate of drug-likeness (QED) is 0.894. The Morgan fingerprint density at radius 2 is 1.85 bits per heavy atom. The minimum Gasteiger partial charge on any atom is -0.496 e. The molecule has 5 nitrogen and oxygen atoms in total. The molecule has 0 aliphatic carbocycles. The van der Waals surface area contributed by atoms with Crippen molar-refractivity contribution in [2.24, 2.45) is 5.41 Å². The predicted molar refractivity (Wildman–Crippen MR) is 99.0 cm³/mol. The lowest BCUT2D eigenvalue weighted by Crippen LogP contribution is -2.42. The molecule has 26 heavy (non-hydrogen) atoms. The lowest BCUT2D eigenvalue weighted by Gasteiger charge is -2.38. The number of fused-ring (bicyclic) bond motifs is 3. The van der Waals surface area contributed by atoms with Crippen molar-refractivity contribution in [3.05, 3.63) is 53.6 Å². The first-order valence-corrected chi connectivity index (χ1v) is 8.95. The van der Waals surface area contributed by atoms with E-state index < -0.39 is 0 Å². The number of methoxy groups -OCH3 is 2. The second-order valence-corrected chi connectivity index (χ2v) is 7.21. The lowest BCUT2D eigenvalue weighted by molar-refractivity contribution is 0.0457. The summed E-state index contributed by atoms with van der Waals surface area (Å²) < 4.78 is 17.1. The van der Waals surface area contributed by atoms with Crippen LogP contribution < -0.4 is 14.2 Å². The Morgan fingerprint density at radius 1 is 1.12 bits per heavy atom. The molecule has 0 amide bonds.